The molecule has 1 aromatic heterocycles. The number of hydrogen-bond donors (Lipinski definition) is 2. The van der Waals surface area contributed by atoms with Crippen molar-refractivity contribution in [3.8, 4) is 11.8 Å². The summed E-state index contributed by atoms with van der Waals surface area (Å²) in [7, 11) is 0. The summed E-state index contributed by atoms with van der Waals surface area (Å²) < 4.78 is 0. The molecule has 2 N–H and O–H groups in total. The molecule has 0 bridgehead atoms. The van der Waals surface area contributed by atoms with Crippen LogP contribution >= 0.6 is 0 Å². The molecule has 0 spiro atoms. The molecule has 0 aliphatic rings. The summed E-state index contributed by atoms with van der Waals surface area (Å²) in [5, 5.41) is 11.5. The van der Waals surface area contributed by atoms with Crippen molar-refractivity contribution in [2.45, 2.75) is 20.3 Å². The van der Waals surface area contributed by atoms with Gasteiger partial charge in [0.1, 0.15) is 5.69 Å². The van der Waals surface area contributed by atoms with E-state index in [1.807, 2.05) is 0 Å². The maximum Gasteiger partial charge on any atom is 0.337 e. The van der Waals surface area contributed by atoms with E-state index in [0.717, 1.165) is 0 Å². The Labute approximate surface area is 105 Å². The van der Waals surface area contributed by atoms with Crippen molar-refractivity contribution in [3.05, 3.63) is 29.1 Å². The van der Waals surface area contributed by atoms with E-state index in [0.29, 0.717) is 18.7 Å². The average molecular weight is 246 g/mol. The quantitative estimate of drug-likeness (QED) is 0.618. The van der Waals surface area contributed by atoms with Crippen LogP contribution in [0.2, 0.25) is 0 Å². The highest BCUT2D eigenvalue weighted by atomic mass is 16.4. The largest absolute Gasteiger partial charge is 0.478 e. The van der Waals surface area contributed by atoms with E-state index >= 15 is 0 Å². The normalized spacial score (nSPS) is 9.22. The van der Waals surface area contributed by atoms with Crippen LogP contribution in [0.15, 0.2) is 12.1 Å². The van der Waals surface area contributed by atoms with Gasteiger partial charge in [-0.25, -0.2) is 9.78 Å². The van der Waals surface area contributed by atoms with Crippen LogP contribution < -0.4 is 5.32 Å². The first-order valence-electron chi connectivity index (χ1n) is 5.45. The Morgan fingerprint density at radius 2 is 2.17 bits per heavy atom. The number of pyridine rings is 1. The van der Waals surface area contributed by atoms with Gasteiger partial charge in [0.2, 0.25) is 0 Å². The summed E-state index contributed by atoms with van der Waals surface area (Å²) in [4.78, 5) is 26.4. The Morgan fingerprint density at radius 1 is 1.44 bits per heavy atom. The Hall–Kier alpha value is -2.35. The monoisotopic (exact) mass is 246 g/mol. The van der Waals surface area contributed by atoms with Crippen LogP contribution in [0.1, 0.15) is 39.9 Å². The molecule has 0 radical (unpaired) electrons. The zero-order chi connectivity index (χ0) is 13.5. The summed E-state index contributed by atoms with van der Waals surface area (Å²) in [5.74, 6) is 4.18. The van der Waals surface area contributed by atoms with Crippen LogP contribution in [-0.2, 0) is 0 Å². The van der Waals surface area contributed by atoms with E-state index in [2.05, 4.69) is 22.1 Å². The lowest BCUT2D eigenvalue weighted by Crippen LogP contribution is -2.25. The third kappa shape index (κ3) is 3.59. The van der Waals surface area contributed by atoms with Gasteiger partial charge in [0.05, 0.1) is 11.3 Å². The van der Waals surface area contributed by atoms with Crippen LogP contribution in [0.3, 0.4) is 0 Å². The van der Waals surface area contributed by atoms with Crippen molar-refractivity contribution in [1.29, 1.82) is 0 Å². The number of carboxylic acid groups (broad SMARTS) is 1. The molecule has 0 saturated carbocycles. The van der Waals surface area contributed by atoms with Gasteiger partial charge >= 0.3 is 5.97 Å². The third-order valence-electron chi connectivity index (χ3n) is 2.26. The van der Waals surface area contributed by atoms with E-state index in [1.54, 1.807) is 13.8 Å². The van der Waals surface area contributed by atoms with Crippen molar-refractivity contribution in [2.75, 3.05) is 6.54 Å². The van der Waals surface area contributed by atoms with Crippen molar-refractivity contribution in [1.82, 2.24) is 10.3 Å². The van der Waals surface area contributed by atoms with Crippen LogP contribution in [-0.4, -0.2) is 28.5 Å². The second kappa shape index (κ2) is 6.40. The number of rotatable bonds is 4. The Balaban J connectivity index is 2.71. The fourth-order valence-corrected chi connectivity index (χ4v) is 1.37. The molecule has 0 aliphatic carbocycles. The average Bonchev–Trinajstić information content (AvgIpc) is 2.33. The van der Waals surface area contributed by atoms with Gasteiger partial charge in [-0.3, -0.25) is 4.79 Å². The fourth-order valence-electron chi connectivity index (χ4n) is 1.37. The van der Waals surface area contributed by atoms with Gasteiger partial charge in [-0.15, -0.1) is 11.8 Å². The zero-order valence-corrected chi connectivity index (χ0v) is 10.3. The lowest BCUT2D eigenvalue weighted by molar-refractivity contribution is 0.0694. The van der Waals surface area contributed by atoms with Crippen molar-refractivity contribution < 1.29 is 14.7 Å². The molecule has 5 nitrogen and oxygen atoms in total. The lowest BCUT2D eigenvalue weighted by atomic mass is 10.2. The molecule has 1 aromatic rings. The number of nitrogens with one attached hydrogen (secondary N) is 1. The molecule has 18 heavy (non-hydrogen) atoms. The molecule has 1 heterocycles. The minimum absolute atomic E-state index is 0.100. The maximum atomic E-state index is 11.7. The molecule has 1 rings (SSSR count). The van der Waals surface area contributed by atoms with Crippen molar-refractivity contribution in [2.24, 2.45) is 0 Å². The Bertz CT molecular complexity index is 527. The topological polar surface area (TPSA) is 79.3 Å². The predicted molar refractivity (Wildman–Crippen MR) is 66.3 cm³/mol. The minimum Gasteiger partial charge on any atom is -0.478 e. The second-order valence-corrected chi connectivity index (χ2v) is 3.57. The highest BCUT2D eigenvalue weighted by Crippen LogP contribution is 2.06. The number of carbonyl (C=O) groups excluding carboxylic acids is 1. The highest BCUT2D eigenvalue weighted by Gasteiger charge is 2.12. The highest BCUT2D eigenvalue weighted by molar-refractivity contribution is 5.94. The first kappa shape index (κ1) is 13.7. The summed E-state index contributed by atoms with van der Waals surface area (Å²) in [5.41, 5.74) is 0.633. The molecule has 0 fully saturated rings. The van der Waals surface area contributed by atoms with Gasteiger partial charge in [-0.2, -0.15) is 0 Å². The summed E-state index contributed by atoms with van der Waals surface area (Å²) in [6, 6.07) is 2.78. The Morgan fingerprint density at radius 3 is 2.72 bits per heavy atom. The summed E-state index contributed by atoms with van der Waals surface area (Å²) in [6.45, 7) is 3.74. The SMILES string of the molecule is CC#CCCNC(=O)c1ccc(C(=O)O)c(C)n1. The third-order valence-corrected chi connectivity index (χ3v) is 2.26. The van der Waals surface area contributed by atoms with E-state index in [4.69, 9.17) is 5.11 Å². The fraction of sp³-hybridized carbons (Fsp3) is 0.308. The predicted octanol–water partition coefficient (Wildman–Crippen LogP) is 1.23. The van der Waals surface area contributed by atoms with Crippen LogP contribution in [0, 0.1) is 18.8 Å². The van der Waals surface area contributed by atoms with Gasteiger partial charge in [-0.1, -0.05) is 0 Å². The second-order valence-electron chi connectivity index (χ2n) is 3.57. The number of carbonyl (C=O) groups is 2. The number of aromatic carboxylic acids is 1. The minimum atomic E-state index is -1.05. The molecule has 5 heteroatoms. The molecule has 0 unspecified atom stereocenters. The first-order chi connectivity index (χ1) is 8.56. The number of hydrogen-bond acceptors (Lipinski definition) is 3. The van der Waals surface area contributed by atoms with E-state index in [9.17, 15) is 9.59 Å². The molecular weight excluding hydrogens is 232 g/mol. The van der Waals surface area contributed by atoms with Gasteiger partial charge in [0, 0.05) is 13.0 Å². The Kier molecular flexibility index (Phi) is 4.88. The number of aromatic nitrogens is 1. The van der Waals surface area contributed by atoms with Gasteiger partial charge in [-0.05, 0) is 26.0 Å². The van der Waals surface area contributed by atoms with E-state index in [1.165, 1.54) is 12.1 Å². The van der Waals surface area contributed by atoms with Crippen molar-refractivity contribution in [3.63, 3.8) is 0 Å². The van der Waals surface area contributed by atoms with Gasteiger partial charge in [0.25, 0.3) is 5.91 Å². The molecule has 1 amide bonds. The molecule has 0 atom stereocenters. The number of aryl methyl sites for hydroxylation is 1. The molecular formula is C13H14N2O3. The standard InChI is InChI=1S/C13H14N2O3/c1-3-4-5-8-14-12(16)11-7-6-10(13(17)18)9(2)15-11/h6-7H,5,8H2,1-2H3,(H,14,16)(H,17,18). The van der Waals surface area contributed by atoms with Crippen LogP contribution in [0.4, 0.5) is 0 Å². The first-order valence-corrected chi connectivity index (χ1v) is 5.45. The zero-order valence-electron chi connectivity index (χ0n) is 10.3. The van der Waals surface area contributed by atoms with Crippen LogP contribution in [0.5, 0.6) is 0 Å². The van der Waals surface area contributed by atoms with E-state index in [-0.39, 0.29) is 17.2 Å². The number of amides is 1. The van der Waals surface area contributed by atoms with Gasteiger partial charge in [0.15, 0.2) is 0 Å². The molecule has 94 valence electrons. The lowest BCUT2D eigenvalue weighted by Gasteiger charge is -2.05. The number of carboxylic acids is 1. The summed E-state index contributed by atoms with van der Waals surface area (Å²) >= 11 is 0. The van der Waals surface area contributed by atoms with Gasteiger partial charge < -0.3 is 10.4 Å². The smallest absolute Gasteiger partial charge is 0.337 e. The summed E-state index contributed by atoms with van der Waals surface area (Å²) in [6.07, 6.45) is 0.578. The molecule has 0 saturated heterocycles. The maximum absolute atomic E-state index is 11.7. The van der Waals surface area contributed by atoms with E-state index < -0.39 is 5.97 Å². The molecule has 0 aromatic carbocycles. The van der Waals surface area contributed by atoms with Crippen molar-refractivity contribution >= 4 is 11.9 Å². The van der Waals surface area contributed by atoms with Crippen LogP contribution in [0.25, 0.3) is 0 Å². The number of nitrogens with zero attached hydrogens (tertiary/aromatic N) is 1. The molecule has 0 aliphatic heterocycles.